The number of non-ortho nitro benzene ring substituents is 1. The molecule has 14 nitrogen and oxygen atoms in total. The van der Waals surface area contributed by atoms with Crippen molar-refractivity contribution < 1.29 is 24.7 Å². The third-order valence-corrected chi connectivity index (χ3v) is 5.40. The van der Waals surface area contributed by atoms with Gasteiger partial charge in [0.15, 0.2) is 5.69 Å². The molecule has 0 bridgehead atoms. The minimum atomic E-state index is -1.36. The van der Waals surface area contributed by atoms with Crippen LogP contribution in [0.3, 0.4) is 0 Å². The topological polar surface area (TPSA) is 195 Å². The predicted octanol–water partition coefficient (Wildman–Crippen LogP) is 0.231. The van der Waals surface area contributed by atoms with Crippen molar-refractivity contribution in [3.05, 3.63) is 72.7 Å². The van der Waals surface area contributed by atoms with E-state index in [9.17, 15) is 34.7 Å². The number of aliphatic hydroxyl groups is 1. The van der Waals surface area contributed by atoms with Crippen molar-refractivity contribution in [1.82, 2.24) is 24.5 Å². The number of H-pyrrole nitrogens is 1. The zero-order valence-corrected chi connectivity index (χ0v) is 17.1. The molecule has 3 heterocycles. The largest absolute Gasteiger partial charge is 0.476 e. The number of nitrogens with zero attached hydrogens (tertiary/aromatic N) is 5. The maximum absolute atomic E-state index is 12.3. The summed E-state index contributed by atoms with van der Waals surface area (Å²) < 4.78 is 8.27. The second-order valence-electron chi connectivity index (χ2n) is 7.43. The first kappa shape index (κ1) is 22.0. The molecule has 1 fully saturated rings. The number of aryl methyl sites for hydroxylation is 1. The van der Waals surface area contributed by atoms with Gasteiger partial charge in [0.2, 0.25) is 0 Å². The minimum Gasteiger partial charge on any atom is -0.476 e. The summed E-state index contributed by atoms with van der Waals surface area (Å²) in [6, 6.07) is 4.45. The van der Waals surface area contributed by atoms with Crippen LogP contribution in [-0.2, 0) is 4.74 Å². The Bertz CT molecular complexity index is 1340. The van der Waals surface area contributed by atoms with Gasteiger partial charge in [-0.2, -0.15) is 0 Å². The Balaban J connectivity index is 1.78. The van der Waals surface area contributed by atoms with E-state index in [1.54, 1.807) is 0 Å². The lowest BCUT2D eigenvalue weighted by Gasteiger charge is -2.18. The number of carboxylic acids is 1. The van der Waals surface area contributed by atoms with Gasteiger partial charge in [0, 0.05) is 35.9 Å². The molecule has 1 aliphatic heterocycles. The van der Waals surface area contributed by atoms with Crippen LogP contribution in [-0.4, -0.2) is 58.4 Å². The fourth-order valence-corrected chi connectivity index (χ4v) is 3.79. The highest BCUT2D eigenvalue weighted by Crippen LogP contribution is 2.39. The van der Waals surface area contributed by atoms with E-state index < -0.39 is 47.1 Å². The first-order valence-electron chi connectivity index (χ1n) is 9.73. The highest BCUT2D eigenvalue weighted by Gasteiger charge is 2.40. The van der Waals surface area contributed by atoms with E-state index in [2.05, 4.69) is 15.3 Å². The van der Waals surface area contributed by atoms with Gasteiger partial charge in [0.1, 0.15) is 18.0 Å². The lowest BCUT2D eigenvalue weighted by atomic mass is 10.1. The maximum Gasteiger partial charge on any atom is 0.358 e. The molecule has 1 aromatic carbocycles. The van der Waals surface area contributed by atoms with E-state index in [4.69, 9.17) is 4.74 Å². The number of hydrogen-bond acceptors (Lipinski definition) is 9. The summed E-state index contributed by atoms with van der Waals surface area (Å²) in [6.07, 6.45) is -0.324. The van der Waals surface area contributed by atoms with E-state index in [0.29, 0.717) is 5.56 Å². The first-order chi connectivity index (χ1) is 15.7. The lowest BCUT2D eigenvalue weighted by molar-refractivity contribution is -0.384. The molecule has 1 saturated heterocycles. The first-order valence-corrected chi connectivity index (χ1v) is 9.73. The summed E-state index contributed by atoms with van der Waals surface area (Å²) >= 11 is 0. The molecule has 4 rings (SSSR count). The number of aromatic amines is 1. The Morgan fingerprint density at radius 2 is 2.03 bits per heavy atom. The smallest absolute Gasteiger partial charge is 0.358 e. The number of ether oxygens (including phenoxy) is 1. The molecule has 0 aliphatic carbocycles. The standard InChI is InChI=1S/C19H18N6O8/c1-9-7-23(19(30)20-17(9)27)14-6-12(13(8-26)33-14)24-16(15(18(28)29)21-22-24)10-2-4-11(5-3-10)25(31)32/h2-5,7,12-14,26H,6,8H2,1H3,(H,28,29)(H,20,27,30)/t12-,13+,14+/m0/s1. The van der Waals surface area contributed by atoms with Crippen LogP contribution in [0.2, 0.25) is 0 Å². The number of aromatic nitrogens is 5. The number of hydrogen-bond donors (Lipinski definition) is 3. The van der Waals surface area contributed by atoms with Crippen molar-refractivity contribution in [3.8, 4) is 11.3 Å². The zero-order chi connectivity index (χ0) is 23.9. The molecule has 33 heavy (non-hydrogen) atoms. The van der Waals surface area contributed by atoms with Crippen molar-refractivity contribution in [3.63, 3.8) is 0 Å². The highest BCUT2D eigenvalue weighted by molar-refractivity contribution is 5.92. The average molecular weight is 458 g/mol. The Morgan fingerprint density at radius 1 is 1.33 bits per heavy atom. The summed E-state index contributed by atoms with van der Waals surface area (Å²) in [6.45, 7) is 1.05. The van der Waals surface area contributed by atoms with E-state index in [1.807, 2.05) is 0 Å². The van der Waals surface area contributed by atoms with Crippen molar-refractivity contribution in [1.29, 1.82) is 0 Å². The van der Waals surface area contributed by atoms with Crippen LogP contribution in [0.5, 0.6) is 0 Å². The van der Waals surface area contributed by atoms with Crippen LogP contribution in [0.1, 0.15) is 34.7 Å². The highest BCUT2D eigenvalue weighted by atomic mass is 16.6. The SMILES string of the molecule is Cc1cn([C@H]2C[C@H](n3nnc(C(=O)O)c3-c3ccc([N+](=O)[O-])cc3)[C@@H](CO)O2)c(=O)[nH]c1=O. The van der Waals surface area contributed by atoms with Gasteiger partial charge in [0.25, 0.3) is 11.2 Å². The number of carboxylic acid groups (broad SMARTS) is 1. The van der Waals surface area contributed by atoms with Gasteiger partial charge in [0.05, 0.1) is 17.6 Å². The Morgan fingerprint density at radius 3 is 2.64 bits per heavy atom. The van der Waals surface area contributed by atoms with E-state index >= 15 is 0 Å². The summed E-state index contributed by atoms with van der Waals surface area (Å²) in [4.78, 5) is 48.3. The number of aliphatic hydroxyl groups excluding tert-OH is 1. The molecule has 3 N–H and O–H groups in total. The van der Waals surface area contributed by atoms with Gasteiger partial charge in [-0.25, -0.2) is 14.3 Å². The Kier molecular flexibility index (Phi) is 5.61. The molecular formula is C19H18N6O8. The second-order valence-corrected chi connectivity index (χ2v) is 7.43. The van der Waals surface area contributed by atoms with Crippen molar-refractivity contribution in [2.45, 2.75) is 31.7 Å². The molecule has 0 saturated carbocycles. The summed E-state index contributed by atoms with van der Waals surface area (Å²) in [5.74, 6) is -1.36. The van der Waals surface area contributed by atoms with Crippen LogP contribution in [0.4, 0.5) is 5.69 Å². The number of aromatic carboxylic acids is 1. The lowest BCUT2D eigenvalue weighted by Crippen LogP contribution is -2.33. The fourth-order valence-electron chi connectivity index (χ4n) is 3.79. The Hall–Kier alpha value is -4.17. The molecular weight excluding hydrogens is 440 g/mol. The molecule has 0 spiro atoms. The second kappa shape index (κ2) is 8.40. The Labute approximate surface area is 183 Å². The van der Waals surface area contributed by atoms with Crippen LogP contribution in [0.25, 0.3) is 11.3 Å². The number of nitro benzene ring substituents is 1. The van der Waals surface area contributed by atoms with Gasteiger partial charge in [-0.3, -0.25) is 24.5 Å². The van der Waals surface area contributed by atoms with Gasteiger partial charge in [-0.1, -0.05) is 5.21 Å². The molecule has 0 amide bonds. The number of rotatable bonds is 6. The van der Waals surface area contributed by atoms with Gasteiger partial charge in [-0.15, -0.1) is 5.10 Å². The summed E-state index contributed by atoms with van der Waals surface area (Å²) in [7, 11) is 0. The normalized spacial score (nSPS) is 20.1. The molecule has 14 heteroatoms. The quantitative estimate of drug-likeness (QED) is 0.340. The van der Waals surface area contributed by atoms with E-state index in [-0.39, 0.29) is 29.1 Å². The van der Waals surface area contributed by atoms with E-state index in [1.165, 1.54) is 46.6 Å². The molecule has 0 unspecified atom stereocenters. The van der Waals surface area contributed by atoms with Gasteiger partial charge >= 0.3 is 11.7 Å². The number of carbonyl (C=O) groups is 1. The third kappa shape index (κ3) is 3.92. The van der Waals surface area contributed by atoms with Gasteiger partial charge < -0.3 is 14.9 Å². The van der Waals surface area contributed by atoms with Crippen LogP contribution < -0.4 is 11.2 Å². The van der Waals surface area contributed by atoms with Crippen LogP contribution >= 0.6 is 0 Å². The van der Waals surface area contributed by atoms with Crippen molar-refractivity contribution in [2.75, 3.05) is 6.61 Å². The average Bonchev–Trinajstić information content (AvgIpc) is 3.40. The minimum absolute atomic E-state index is 0.0649. The molecule has 2 aromatic heterocycles. The molecule has 3 atom stereocenters. The summed E-state index contributed by atoms with van der Waals surface area (Å²) in [5, 5.41) is 38.1. The van der Waals surface area contributed by atoms with E-state index in [0.717, 1.165) is 0 Å². The zero-order valence-electron chi connectivity index (χ0n) is 17.1. The van der Waals surface area contributed by atoms with Crippen molar-refractivity contribution in [2.24, 2.45) is 0 Å². The van der Waals surface area contributed by atoms with Crippen LogP contribution in [0.15, 0.2) is 40.1 Å². The fraction of sp³-hybridized carbons (Fsp3) is 0.316. The molecule has 0 radical (unpaired) electrons. The van der Waals surface area contributed by atoms with Gasteiger partial charge in [-0.05, 0) is 19.1 Å². The maximum atomic E-state index is 12.3. The number of nitrogens with one attached hydrogen (secondary N) is 1. The molecule has 3 aromatic rings. The number of nitro groups is 1. The third-order valence-electron chi connectivity index (χ3n) is 5.40. The molecule has 172 valence electrons. The summed E-state index contributed by atoms with van der Waals surface area (Å²) in [5.41, 5.74) is -1.15. The number of benzene rings is 1. The monoisotopic (exact) mass is 458 g/mol. The molecule has 1 aliphatic rings. The predicted molar refractivity (Wildman–Crippen MR) is 110 cm³/mol. The van der Waals surface area contributed by atoms with Crippen LogP contribution in [0, 0.1) is 17.0 Å². The van der Waals surface area contributed by atoms with Crippen molar-refractivity contribution >= 4 is 11.7 Å².